The number of para-hydroxylation sites is 1. The van der Waals surface area contributed by atoms with E-state index in [1.54, 1.807) is 11.8 Å². The summed E-state index contributed by atoms with van der Waals surface area (Å²) in [5.41, 5.74) is 0. The van der Waals surface area contributed by atoms with Crippen LogP contribution in [-0.4, -0.2) is 44.0 Å². The van der Waals surface area contributed by atoms with E-state index < -0.39 is 6.10 Å². The lowest BCUT2D eigenvalue weighted by molar-refractivity contribution is -0.139. The summed E-state index contributed by atoms with van der Waals surface area (Å²) in [5, 5.41) is 8.41. The number of carbonyl (C=O) groups is 1. The zero-order chi connectivity index (χ0) is 15.8. The van der Waals surface area contributed by atoms with Crippen molar-refractivity contribution in [1.82, 2.24) is 19.7 Å². The molecule has 0 aliphatic carbocycles. The predicted molar refractivity (Wildman–Crippen MR) is 86.4 cm³/mol. The van der Waals surface area contributed by atoms with Crippen LogP contribution in [0.5, 0.6) is 5.75 Å². The smallest absolute Gasteiger partial charge is 0.265 e. The van der Waals surface area contributed by atoms with E-state index in [0.29, 0.717) is 18.8 Å². The van der Waals surface area contributed by atoms with Crippen molar-refractivity contribution in [2.24, 2.45) is 0 Å². The number of nitrogens with zero attached hydrogens (tertiary/aromatic N) is 4. The van der Waals surface area contributed by atoms with Crippen LogP contribution in [-0.2, 0) is 24.3 Å². The van der Waals surface area contributed by atoms with Crippen molar-refractivity contribution in [2.45, 2.75) is 37.4 Å². The minimum atomic E-state index is -0.421. The van der Waals surface area contributed by atoms with Gasteiger partial charge in [0.15, 0.2) is 11.9 Å². The normalized spacial score (nSPS) is 19.7. The molecule has 120 valence electrons. The number of rotatable bonds is 2. The lowest BCUT2D eigenvalue weighted by atomic mass is 10.2. The Morgan fingerprint density at radius 2 is 2.22 bits per heavy atom. The van der Waals surface area contributed by atoms with Crippen molar-refractivity contribution in [3.8, 4) is 5.75 Å². The second kappa shape index (κ2) is 5.88. The van der Waals surface area contributed by atoms with Gasteiger partial charge in [-0.2, -0.15) is 0 Å². The summed E-state index contributed by atoms with van der Waals surface area (Å²) in [4.78, 5) is 15.7. The highest BCUT2D eigenvalue weighted by Crippen LogP contribution is 2.35. The molecule has 2 aliphatic heterocycles. The first-order valence-corrected chi connectivity index (χ1v) is 8.83. The number of carbonyl (C=O) groups excluding carboxylic acids is 1. The van der Waals surface area contributed by atoms with Crippen LogP contribution in [0.3, 0.4) is 0 Å². The summed E-state index contributed by atoms with van der Waals surface area (Å²) in [6.45, 7) is 4.02. The predicted octanol–water partition coefficient (Wildman–Crippen LogP) is 1.74. The van der Waals surface area contributed by atoms with Gasteiger partial charge in [-0.3, -0.25) is 4.79 Å². The standard InChI is InChI=1S/C16H18N4O2S/c1-2-14-17-18-15-9-19(7-8-20(14)15)16(21)12-10-23-13-6-4-3-5-11(13)22-12/h3-6,12H,2,7-10H2,1H3/t12-/m0/s1. The quantitative estimate of drug-likeness (QED) is 0.839. The number of thioether (sulfide) groups is 1. The first-order chi connectivity index (χ1) is 11.3. The van der Waals surface area contributed by atoms with Gasteiger partial charge >= 0.3 is 0 Å². The number of aromatic nitrogens is 3. The zero-order valence-corrected chi connectivity index (χ0v) is 13.8. The minimum absolute atomic E-state index is 0.0410. The van der Waals surface area contributed by atoms with Crippen molar-refractivity contribution in [3.63, 3.8) is 0 Å². The molecule has 4 rings (SSSR count). The average Bonchev–Trinajstić information content (AvgIpc) is 3.03. The zero-order valence-electron chi connectivity index (χ0n) is 12.9. The molecule has 0 unspecified atom stereocenters. The van der Waals surface area contributed by atoms with Crippen LogP contribution in [0.15, 0.2) is 29.2 Å². The molecule has 6 nitrogen and oxygen atoms in total. The highest BCUT2D eigenvalue weighted by atomic mass is 32.2. The number of fused-ring (bicyclic) bond motifs is 2. The number of hydrogen-bond acceptors (Lipinski definition) is 5. The van der Waals surface area contributed by atoms with Crippen LogP contribution < -0.4 is 4.74 Å². The van der Waals surface area contributed by atoms with Crippen LogP contribution >= 0.6 is 11.8 Å². The average molecular weight is 330 g/mol. The first kappa shape index (κ1) is 14.6. The van der Waals surface area contributed by atoms with Crippen molar-refractivity contribution in [3.05, 3.63) is 35.9 Å². The largest absolute Gasteiger partial charge is 0.479 e. The van der Waals surface area contributed by atoms with E-state index in [1.807, 2.05) is 29.2 Å². The lowest BCUT2D eigenvalue weighted by Crippen LogP contribution is -2.47. The second-order valence-corrected chi connectivity index (χ2v) is 6.72. The minimum Gasteiger partial charge on any atom is -0.479 e. The Labute approximate surface area is 138 Å². The van der Waals surface area contributed by atoms with Gasteiger partial charge in [0.05, 0.1) is 6.54 Å². The van der Waals surface area contributed by atoms with Gasteiger partial charge in [-0.15, -0.1) is 22.0 Å². The van der Waals surface area contributed by atoms with E-state index in [4.69, 9.17) is 4.74 Å². The van der Waals surface area contributed by atoms with Gasteiger partial charge in [0.1, 0.15) is 11.6 Å². The van der Waals surface area contributed by atoms with Crippen molar-refractivity contribution >= 4 is 17.7 Å². The van der Waals surface area contributed by atoms with E-state index in [1.165, 1.54) is 0 Å². The number of aryl methyl sites for hydroxylation is 1. The fraction of sp³-hybridized carbons (Fsp3) is 0.438. The van der Waals surface area contributed by atoms with Crippen LogP contribution in [0.4, 0.5) is 0 Å². The molecular formula is C16H18N4O2S. The summed E-state index contributed by atoms with van der Waals surface area (Å²) in [5.74, 6) is 3.35. The SMILES string of the molecule is CCc1nnc2n1CCN(C(=O)[C@@H]1CSc3ccccc3O1)C2. The Morgan fingerprint density at radius 1 is 1.35 bits per heavy atom. The molecule has 0 fully saturated rings. The molecule has 1 aromatic heterocycles. The summed E-state index contributed by atoms with van der Waals surface area (Å²) in [6, 6.07) is 7.86. The molecule has 0 saturated carbocycles. The third-order valence-electron chi connectivity index (χ3n) is 4.24. The van der Waals surface area contributed by atoms with Gasteiger partial charge in [0, 0.05) is 30.2 Å². The number of ether oxygens (including phenoxy) is 1. The monoisotopic (exact) mass is 330 g/mol. The summed E-state index contributed by atoms with van der Waals surface area (Å²) in [6.07, 6.45) is 0.440. The van der Waals surface area contributed by atoms with Crippen molar-refractivity contribution < 1.29 is 9.53 Å². The molecule has 23 heavy (non-hydrogen) atoms. The topological polar surface area (TPSA) is 60.2 Å². The fourth-order valence-electron chi connectivity index (χ4n) is 3.01. The highest BCUT2D eigenvalue weighted by molar-refractivity contribution is 7.99. The Morgan fingerprint density at radius 3 is 3.09 bits per heavy atom. The molecule has 3 heterocycles. The van der Waals surface area contributed by atoms with Gasteiger partial charge in [-0.05, 0) is 12.1 Å². The molecule has 0 radical (unpaired) electrons. The van der Waals surface area contributed by atoms with E-state index in [-0.39, 0.29) is 5.91 Å². The third kappa shape index (κ3) is 2.59. The highest BCUT2D eigenvalue weighted by Gasteiger charge is 2.33. The number of hydrogen-bond donors (Lipinski definition) is 0. The molecule has 0 spiro atoms. The molecule has 2 aliphatic rings. The van der Waals surface area contributed by atoms with E-state index in [9.17, 15) is 4.79 Å². The van der Waals surface area contributed by atoms with Crippen LogP contribution in [0.2, 0.25) is 0 Å². The lowest BCUT2D eigenvalue weighted by Gasteiger charge is -2.32. The molecule has 0 saturated heterocycles. The van der Waals surface area contributed by atoms with E-state index >= 15 is 0 Å². The van der Waals surface area contributed by atoms with Crippen LogP contribution in [0.25, 0.3) is 0 Å². The van der Waals surface area contributed by atoms with Gasteiger partial charge in [0.2, 0.25) is 0 Å². The summed E-state index contributed by atoms with van der Waals surface area (Å²) >= 11 is 1.68. The second-order valence-electron chi connectivity index (χ2n) is 5.66. The Balaban J connectivity index is 1.48. The summed E-state index contributed by atoms with van der Waals surface area (Å²) in [7, 11) is 0. The molecule has 2 aromatic rings. The molecule has 1 aromatic carbocycles. The molecule has 1 atom stereocenters. The van der Waals surface area contributed by atoms with Gasteiger partial charge in [-0.25, -0.2) is 0 Å². The maximum atomic E-state index is 12.8. The molecular weight excluding hydrogens is 312 g/mol. The van der Waals surface area contributed by atoms with Crippen molar-refractivity contribution in [1.29, 1.82) is 0 Å². The maximum Gasteiger partial charge on any atom is 0.265 e. The van der Waals surface area contributed by atoms with Crippen LogP contribution in [0.1, 0.15) is 18.6 Å². The molecule has 0 N–H and O–H groups in total. The molecule has 0 bridgehead atoms. The van der Waals surface area contributed by atoms with Gasteiger partial charge in [-0.1, -0.05) is 19.1 Å². The molecule has 1 amide bonds. The van der Waals surface area contributed by atoms with Gasteiger partial charge < -0.3 is 14.2 Å². The number of amides is 1. The first-order valence-electron chi connectivity index (χ1n) is 7.84. The Hall–Kier alpha value is -2.02. The Bertz CT molecular complexity index is 745. The van der Waals surface area contributed by atoms with Gasteiger partial charge in [0.25, 0.3) is 5.91 Å². The fourth-order valence-corrected chi connectivity index (χ4v) is 3.99. The maximum absolute atomic E-state index is 12.8. The van der Waals surface area contributed by atoms with Crippen molar-refractivity contribution in [2.75, 3.05) is 12.3 Å². The van der Waals surface area contributed by atoms with E-state index in [0.717, 1.165) is 35.3 Å². The van der Waals surface area contributed by atoms with E-state index in [2.05, 4.69) is 21.7 Å². The Kier molecular flexibility index (Phi) is 3.72. The summed E-state index contributed by atoms with van der Waals surface area (Å²) < 4.78 is 8.03. The third-order valence-corrected chi connectivity index (χ3v) is 5.36. The number of benzene rings is 1. The van der Waals surface area contributed by atoms with Crippen LogP contribution in [0, 0.1) is 0 Å². The molecule has 7 heteroatoms.